The van der Waals surface area contributed by atoms with Crippen LogP contribution in [0.3, 0.4) is 0 Å². The molecular weight excluding hydrogens is 540 g/mol. The maximum atomic E-state index is 13.9. The van der Waals surface area contributed by atoms with E-state index in [1.165, 1.54) is 28.0 Å². The van der Waals surface area contributed by atoms with E-state index < -0.39 is 16.9 Å². The minimum atomic E-state index is -0.742. The van der Waals surface area contributed by atoms with Crippen LogP contribution in [0.1, 0.15) is 38.1 Å². The van der Waals surface area contributed by atoms with Gasteiger partial charge in [0.25, 0.3) is 11.2 Å². The Hall–Kier alpha value is -4.28. The van der Waals surface area contributed by atoms with Gasteiger partial charge >= 0.3 is 5.97 Å². The Morgan fingerprint density at radius 1 is 1.15 bits per heavy atom. The molecule has 4 aromatic rings. The Labute approximate surface area is 231 Å². The highest BCUT2D eigenvalue weighted by molar-refractivity contribution is 7.07. The zero-order chi connectivity index (χ0) is 27.8. The summed E-state index contributed by atoms with van der Waals surface area (Å²) in [6.07, 6.45) is 3.21. The molecule has 2 aromatic carbocycles. The van der Waals surface area contributed by atoms with Crippen LogP contribution in [0, 0.1) is 10.1 Å². The number of rotatable bonds is 6. The highest BCUT2D eigenvalue weighted by atomic mass is 35.5. The number of allylic oxidation sites excluding steroid dienone is 1. The number of hydrogen-bond acceptors (Lipinski definition) is 7. The molecule has 1 unspecified atom stereocenters. The fourth-order valence-corrected chi connectivity index (χ4v) is 5.59. The summed E-state index contributed by atoms with van der Waals surface area (Å²) in [6.45, 7) is 5.26. The zero-order valence-electron chi connectivity index (χ0n) is 21.2. The highest BCUT2D eigenvalue weighted by Crippen LogP contribution is 2.31. The summed E-state index contributed by atoms with van der Waals surface area (Å²) < 4.78 is 9.29. The Balaban J connectivity index is 1.65. The van der Waals surface area contributed by atoms with Gasteiger partial charge < -0.3 is 9.30 Å². The van der Waals surface area contributed by atoms with Gasteiger partial charge in [-0.2, -0.15) is 0 Å². The summed E-state index contributed by atoms with van der Waals surface area (Å²) in [5.41, 5.74) is 2.56. The average Bonchev–Trinajstić information content (AvgIpc) is 3.47. The lowest BCUT2D eigenvalue weighted by Gasteiger charge is -2.25. The van der Waals surface area contributed by atoms with Crippen LogP contribution in [0.4, 0.5) is 5.69 Å². The lowest BCUT2D eigenvalue weighted by Crippen LogP contribution is -2.40. The maximum Gasteiger partial charge on any atom is 0.338 e. The van der Waals surface area contributed by atoms with E-state index in [2.05, 4.69) is 4.99 Å². The number of hydrogen-bond donors (Lipinski definition) is 0. The molecular formula is C28H23ClN4O5S. The van der Waals surface area contributed by atoms with Gasteiger partial charge in [0.1, 0.15) is 0 Å². The number of benzene rings is 2. The highest BCUT2D eigenvalue weighted by Gasteiger charge is 2.33. The number of nitro groups is 1. The second-order valence-electron chi connectivity index (χ2n) is 9.16. The predicted molar refractivity (Wildman–Crippen MR) is 149 cm³/mol. The third kappa shape index (κ3) is 5.08. The Kier molecular flexibility index (Phi) is 7.07. The lowest BCUT2D eigenvalue weighted by molar-refractivity contribution is -0.384. The smallest absolute Gasteiger partial charge is 0.338 e. The summed E-state index contributed by atoms with van der Waals surface area (Å²) in [6, 6.07) is 16.1. The van der Waals surface area contributed by atoms with Crippen LogP contribution in [-0.4, -0.2) is 26.1 Å². The molecule has 198 valence electrons. The molecule has 5 rings (SSSR count). The number of halogens is 1. The molecule has 11 heteroatoms. The SMILES string of the molecule is CC1=C(C(=O)OC(C)C)C(c2ccc(Cl)cc2)n2c(sc(=Cc3cccn3-c3ccc([N+](=O)[O-])cc3)c2=O)=N1. The minimum absolute atomic E-state index is 0.00914. The van der Waals surface area contributed by atoms with E-state index in [4.69, 9.17) is 16.3 Å². The number of fused-ring (bicyclic) bond motifs is 1. The van der Waals surface area contributed by atoms with E-state index in [1.807, 2.05) is 22.9 Å². The zero-order valence-corrected chi connectivity index (χ0v) is 22.8. The van der Waals surface area contributed by atoms with Gasteiger partial charge in [-0.1, -0.05) is 35.1 Å². The fraction of sp³-hybridized carbons (Fsp3) is 0.179. The fourth-order valence-electron chi connectivity index (χ4n) is 4.44. The first-order chi connectivity index (χ1) is 18.6. The molecule has 0 saturated heterocycles. The number of nitro benzene ring substituents is 1. The normalized spacial score (nSPS) is 15.3. The van der Waals surface area contributed by atoms with E-state index in [9.17, 15) is 19.7 Å². The molecule has 0 aliphatic carbocycles. The lowest BCUT2D eigenvalue weighted by atomic mass is 9.96. The second kappa shape index (κ2) is 10.5. The summed E-state index contributed by atoms with van der Waals surface area (Å²) in [7, 11) is 0. The number of aromatic nitrogens is 2. The predicted octanol–water partition coefficient (Wildman–Crippen LogP) is 4.54. The molecule has 0 N–H and O–H groups in total. The van der Waals surface area contributed by atoms with Gasteiger partial charge in [0.2, 0.25) is 0 Å². The van der Waals surface area contributed by atoms with Crippen LogP contribution in [0.5, 0.6) is 0 Å². The molecule has 0 radical (unpaired) electrons. The van der Waals surface area contributed by atoms with E-state index in [-0.39, 0.29) is 17.4 Å². The number of nitrogens with zero attached hydrogens (tertiary/aromatic N) is 4. The average molecular weight is 563 g/mol. The molecule has 0 bridgehead atoms. The molecule has 1 aliphatic heterocycles. The van der Waals surface area contributed by atoms with Crippen molar-refractivity contribution in [2.75, 3.05) is 0 Å². The van der Waals surface area contributed by atoms with Gasteiger partial charge in [0.05, 0.1) is 32.9 Å². The van der Waals surface area contributed by atoms with Gasteiger partial charge in [0, 0.05) is 34.7 Å². The standard InChI is InChI=1S/C28H23ClN4O5S/c1-16(2)38-27(35)24-17(3)30-28-32(25(24)18-6-8-19(29)9-7-18)26(34)23(39-28)15-22-5-4-14-31(22)20-10-12-21(13-11-20)33(36)37/h4-16,25H,1-3H3. The van der Waals surface area contributed by atoms with Gasteiger partial charge in [-0.15, -0.1) is 0 Å². The number of carbonyl (C=O) groups is 1. The van der Waals surface area contributed by atoms with Gasteiger partial charge in [-0.25, -0.2) is 9.79 Å². The van der Waals surface area contributed by atoms with Crippen molar-refractivity contribution in [1.29, 1.82) is 0 Å². The molecule has 39 heavy (non-hydrogen) atoms. The van der Waals surface area contributed by atoms with Crippen LogP contribution < -0.4 is 14.9 Å². The molecule has 3 heterocycles. The topological polar surface area (TPSA) is 109 Å². The summed E-state index contributed by atoms with van der Waals surface area (Å²) in [5.74, 6) is -0.535. The van der Waals surface area contributed by atoms with Crippen molar-refractivity contribution in [2.24, 2.45) is 4.99 Å². The van der Waals surface area contributed by atoms with Crippen LogP contribution in [0.2, 0.25) is 5.02 Å². The number of non-ortho nitro benzene ring substituents is 1. The first-order valence-electron chi connectivity index (χ1n) is 12.0. The molecule has 0 saturated carbocycles. The third-order valence-electron chi connectivity index (χ3n) is 6.17. The number of esters is 1. The van der Waals surface area contributed by atoms with Gasteiger partial charge in [0.15, 0.2) is 4.80 Å². The number of ether oxygens (including phenoxy) is 1. The van der Waals surface area contributed by atoms with Crippen molar-refractivity contribution < 1.29 is 14.5 Å². The van der Waals surface area contributed by atoms with E-state index in [0.717, 1.165) is 0 Å². The second-order valence-corrected chi connectivity index (χ2v) is 10.6. The van der Waals surface area contributed by atoms with Crippen molar-refractivity contribution in [1.82, 2.24) is 9.13 Å². The molecule has 0 fully saturated rings. The Morgan fingerprint density at radius 2 is 1.85 bits per heavy atom. The van der Waals surface area contributed by atoms with Crippen molar-refractivity contribution in [3.05, 3.63) is 124 Å². The van der Waals surface area contributed by atoms with Crippen molar-refractivity contribution >= 4 is 40.7 Å². The maximum absolute atomic E-state index is 13.9. The molecule has 0 amide bonds. The van der Waals surface area contributed by atoms with Crippen molar-refractivity contribution in [3.63, 3.8) is 0 Å². The molecule has 2 aromatic heterocycles. The van der Waals surface area contributed by atoms with E-state index in [1.54, 1.807) is 63.2 Å². The molecule has 1 atom stereocenters. The Bertz CT molecular complexity index is 1800. The van der Waals surface area contributed by atoms with Crippen LogP contribution >= 0.6 is 22.9 Å². The summed E-state index contributed by atoms with van der Waals surface area (Å²) in [4.78, 5) is 42.7. The number of thiazole rings is 1. The minimum Gasteiger partial charge on any atom is -0.459 e. The first kappa shape index (κ1) is 26.3. The van der Waals surface area contributed by atoms with Crippen LogP contribution in [0.25, 0.3) is 11.8 Å². The molecule has 0 spiro atoms. The van der Waals surface area contributed by atoms with E-state index in [0.29, 0.717) is 42.6 Å². The number of carbonyl (C=O) groups excluding carboxylic acids is 1. The van der Waals surface area contributed by atoms with Crippen molar-refractivity contribution in [3.8, 4) is 5.69 Å². The first-order valence-corrected chi connectivity index (χ1v) is 13.2. The largest absolute Gasteiger partial charge is 0.459 e. The third-order valence-corrected chi connectivity index (χ3v) is 7.40. The van der Waals surface area contributed by atoms with E-state index >= 15 is 0 Å². The quantitative estimate of drug-likeness (QED) is 0.195. The van der Waals surface area contributed by atoms with Crippen LogP contribution in [-0.2, 0) is 9.53 Å². The Morgan fingerprint density at radius 3 is 2.49 bits per heavy atom. The van der Waals surface area contributed by atoms with Gasteiger partial charge in [-0.3, -0.25) is 19.5 Å². The summed E-state index contributed by atoms with van der Waals surface area (Å²) >= 11 is 7.34. The van der Waals surface area contributed by atoms with Crippen LogP contribution in [0.15, 0.2) is 87.9 Å². The van der Waals surface area contributed by atoms with Crippen molar-refractivity contribution in [2.45, 2.75) is 32.9 Å². The monoisotopic (exact) mass is 562 g/mol. The molecule has 1 aliphatic rings. The van der Waals surface area contributed by atoms with Gasteiger partial charge in [-0.05, 0) is 68.8 Å². The summed E-state index contributed by atoms with van der Waals surface area (Å²) in [5, 5.41) is 11.6. The molecule has 9 nitrogen and oxygen atoms in total.